The molecule has 0 aliphatic carbocycles. The van der Waals surface area contributed by atoms with Gasteiger partial charge in [0, 0.05) is 17.6 Å². The van der Waals surface area contributed by atoms with Crippen molar-refractivity contribution in [3.8, 4) is 0 Å². The molecule has 0 saturated carbocycles. The van der Waals surface area contributed by atoms with E-state index in [-0.39, 0.29) is 11.8 Å². The lowest BCUT2D eigenvalue weighted by atomic mass is 9.87. The number of alkyl carbamates (subject to hydrolysis) is 1. The van der Waals surface area contributed by atoms with E-state index in [0.717, 1.165) is 22.2 Å². The van der Waals surface area contributed by atoms with Crippen molar-refractivity contribution in [2.24, 2.45) is 5.92 Å². The van der Waals surface area contributed by atoms with E-state index in [1.54, 1.807) is 6.20 Å². The van der Waals surface area contributed by atoms with Crippen LogP contribution < -0.4 is 10.6 Å². The highest BCUT2D eigenvalue weighted by molar-refractivity contribution is 9.10. The quantitative estimate of drug-likeness (QED) is 0.650. The summed E-state index contributed by atoms with van der Waals surface area (Å²) in [6.45, 7) is 7.60. The van der Waals surface area contributed by atoms with Crippen molar-refractivity contribution in [1.29, 1.82) is 0 Å². The molecule has 4 rings (SSSR count). The Morgan fingerprint density at radius 3 is 2.62 bits per heavy atom. The van der Waals surface area contributed by atoms with Gasteiger partial charge in [0.25, 0.3) is 5.91 Å². The van der Waals surface area contributed by atoms with Crippen LogP contribution in [0.15, 0.2) is 34.9 Å². The molecule has 1 fully saturated rings. The standard InChI is InChI=1S/C23H29BrN4O4/c1-22(2,3)32-21(30)25-11-15-8-9-28-19(10-15)18(12-26-28)20(29)27-23(13-31-14-23)16-4-6-17(24)7-5-16/h4-7,12,15H,8-11,13-14H2,1-3H3,(H,25,30)(H,27,29). The number of benzene rings is 1. The molecule has 2 aliphatic heterocycles. The zero-order chi connectivity index (χ0) is 22.9. The van der Waals surface area contributed by atoms with E-state index in [0.29, 0.717) is 38.3 Å². The third-order valence-corrected chi connectivity index (χ3v) is 6.33. The summed E-state index contributed by atoms with van der Waals surface area (Å²) in [5, 5.41) is 10.5. The Labute approximate surface area is 196 Å². The lowest BCUT2D eigenvalue weighted by Crippen LogP contribution is -2.59. The van der Waals surface area contributed by atoms with Gasteiger partial charge in [0.2, 0.25) is 0 Å². The largest absolute Gasteiger partial charge is 0.444 e. The van der Waals surface area contributed by atoms with E-state index in [1.165, 1.54) is 0 Å². The van der Waals surface area contributed by atoms with Gasteiger partial charge in [0.1, 0.15) is 11.1 Å². The average Bonchev–Trinajstić information content (AvgIpc) is 3.12. The number of nitrogens with zero attached hydrogens (tertiary/aromatic N) is 2. The third kappa shape index (κ3) is 4.99. The number of hydrogen-bond donors (Lipinski definition) is 2. The second kappa shape index (κ2) is 8.86. The number of halogens is 1. The molecule has 8 nitrogen and oxygen atoms in total. The molecule has 9 heteroatoms. The molecule has 32 heavy (non-hydrogen) atoms. The highest BCUT2D eigenvalue weighted by Crippen LogP contribution is 2.32. The Kier molecular flexibility index (Phi) is 6.31. The fourth-order valence-electron chi connectivity index (χ4n) is 4.08. The number of amides is 2. The van der Waals surface area contributed by atoms with Crippen molar-refractivity contribution in [2.75, 3.05) is 19.8 Å². The minimum Gasteiger partial charge on any atom is -0.444 e. The van der Waals surface area contributed by atoms with E-state index in [4.69, 9.17) is 9.47 Å². The maximum absolute atomic E-state index is 13.2. The average molecular weight is 505 g/mol. The Hall–Kier alpha value is -2.39. The van der Waals surface area contributed by atoms with Gasteiger partial charge in [-0.1, -0.05) is 28.1 Å². The molecule has 3 heterocycles. The van der Waals surface area contributed by atoms with Gasteiger partial charge in [-0.05, 0) is 57.2 Å². The molecular formula is C23H29BrN4O4. The summed E-state index contributed by atoms with van der Waals surface area (Å²) in [7, 11) is 0. The minimum absolute atomic E-state index is 0.154. The number of hydrogen-bond acceptors (Lipinski definition) is 5. The molecule has 1 aromatic carbocycles. The summed E-state index contributed by atoms with van der Waals surface area (Å²) in [6.07, 6.45) is 2.77. The normalized spacial score (nSPS) is 19.4. The zero-order valence-corrected chi connectivity index (χ0v) is 20.2. The van der Waals surface area contributed by atoms with Crippen LogP contribution in [0, 0.1) is 5.92 Å². The van der Waals surface area contributed by atoms with Gasteiger partial charge < -0.3 is 20.1 Å². The van der Waals surface area contributed by atoms with Crippen molar-refractivity contribution in [3.05, 3.63) is 51.8 Å². The molecular weight excluding hydrogens is 476 g/mol. The third-order valence-electron chi connectivity index (χ3n) is 5.80. The smallest absolute Gasteiger partial charge is 0.407 e. The molecule has 2 aromatic rings. The van der Waals surface area contributed by atoms with E-state index < -0.39 is 17.2 Å². The van der Waals surface area contributed by atoms with Gasteiger partial charge in [-0.2, -0.15) is 5.10 Å². The number of rotatable bonds is 5. The van der Waals surface area contributed by atoms with Gasteiger partial charge in [-0.3, -0.25) is 9.48 Å². The van der Waals surface area contributed by atoms with Crippen molar-refractivity contribution in [1.82, 2.24) is 20.4 Å². The fourth-order valence-corrected chi connectivity index (χ4v) is 4.34. The van der Waals surface area contributed by atoms with E-state index in [1.807, 2.05) is 49.7 Å². The number of ether oxygens (including phenoxy) is 2. The van der Waals surface area contributed by atoms with Crippen LogP contribution >= 0.6 is 15.9 Å². The van der Waals surface area contributed by atoms with Gasteiger partial charge in [-0.15, -0.1) is 0 Å². The second-order valence-corrected chi connectivity index (χ2v) is 10.4. The van der Waals surface area contributed by atoms with Gasteiger partial charge in [-0.25, -0.2) is 4.79 Å². The van der Waals surface area contributed by atoms with E-state index >= 15 is 0 Å². The number of fused-ring (bicyclic) bond motifs is 1. The van der Waals surface area contributed by atoms with Crippen LogP contribution in [-0.2, 0) is 28.0 Å². The lowest BCUT2D eigenvalue weighted by molar-refractivity contribution is -0.0734. The monoisotopic (exact) mass is 504 g/mol. The summed E-state index contributed by atoms with van der Waals surface area (Å²) in [6, 6.07) is 7.93. The van der Waals surface area contributed by atoms with Gasteiger partial charge in [0.05, 0.1) is 30.7 Å². The van der Waals surface area contributed by atoms with Crippen LogP contribution in [0.2, 0.25) is 0 Å². The molecule has 2 aliphatic rings. The van der Waals surface area contributed by atoms with Gasteiger partial charge >= 0.3 is 6.09 Å². The molecule has 1 aromatic heterocycles. The first kappa shape index (κ1) is 22.8. The van der Waals surface area contributed by atoms with Crippen molar-refractivity contribution in [3.63, 3.8) is 0 Å². The highest BCUT2D eigenvalue weighted by Gasteiger charge is 2.42. The predicted molar refractivity (Wildman–Crippen MR) is 122 cm³/mol. The molecule has 2 N–H and O–H groups in total. The minimum atomic E-state index is -0.531. The Bertz CT molecular complexity index is 992. The highest BCUT2D eigenvalue weighted by atomic mass is 79.9. The van der Waals surface area contributed by atoms with Crippen molar-refractivity contribution < 1.29 is 19.1 Å². The molecule has 0 bridgehead atoms. The zero-order valence-electron chi connectivity index (χ0n) is 18.6. The molecule has 1 unspecified atom stereocenters. The molecule has 0 radical (unpaired) electrons. The number of aryl methyl sites for hydroxylation is 1. The number of carbonyl (C=O) groups excluding carboxylic acids is 2. The fraction of sp³-hybridized carbons (Fsp3) is 0.522. The maximum atomic E-state index is 13.2. The van der Waals surface area contributed by atoms with E-state index in [9.17, 15) is 9.59 Å². The number of aromatic nitrogens is 2. The van der Waals surface area contributed by atoms with E-state index in [2.05, 4.69) is 31.7 Å². The number of nitrogens with one attached hydrogen (secondary N) is 2. The summed E-state index contributed by atoms with van der Waals surface area (Å²) < 4.78 is 13.7. The molecule has 172 valence electrons. The first-order valence-electron chi connectivity index (χ1n) is 10.8. The second-order valence-electron chi connectivity index (χ2n) is 9.51. The molecule has 1 saturated heterocycles. The Morgan fingerprint density at radius 1 is 1.28 bits per heavy atom. The van der Waals surface area contributed by atoms with Crippen LogP contribution in [0.5, 0.6) is 0 Å². The first-order valence-corrected chi connectivity index (χ1v) is 11.6. The van der Waals surface area contributed by atoms with Crippen LogP contribution in [-0.4, -0.2) is 47.1 Å². The Balaban J connectivity index is 1.42. The summed E-state index contributed by atoms with van der Waals surface area (Å²) in [5.74, 6) is 0.0592. The van der Waals surface area contributed by atoms with Crippen molar-refractivity contribution >= 4 is 27.9 Å². The summed E-state index contributed by atoms with van der Waals surface area (Å²) >= 11 is 3.45. The first-order chi connectivity index (χ1) is 15.2. The lowest BCUT2D eigenvalue weighted by Gasteiger charge is -2.42. The van der Waals surface area contributed by atoms with Crippen LogP contribution in [0.4, 0.5) is 4.79 Å². The topological polar surface area (TPSA) is 94.5 Å². The van der Waals surface area contributed by atoms with Crippen LogP contribution in [0.25, 0.3) is 0 Å². The summed E-state index contributed by atoms with van der Waals surface area (Å²) in [5.41, 5.74) is 1.43. The predicted octanol–water partition coefficient (Wildman–Crippen LogP) is 3.39. The Morgan fingerprint density at radius 2 is 2.00 bits per heavy atom. The summed E-state index contributed by atoms with van der Waals surface area (Å²) in [4.78, 5) is 25.2. The molecule has 2 amide bonds. The van der Waals surface area contributed by atoms with Crippen LogP contribution in [0.1, 0.15) is 48.8 Å². The van der Waals surface area contributed by atoms with Crippen molar-refractivity contribution in [2.45, 2.75) is 51.3 Å². The SMILES string of the molecule is CC(C)(C)OC(=O)NCC1CCn2ncc(C(=O)NC3(c4ccc(Br)cc4)COC3)c2C1. The van der Waals surface area contributed by atoms with Crippen LogP contribution in [0.3, 0.4) is 0 Å². The molecule has 0 spiro atoms. The number of carbonyl (C=O) groups is 2. The molecule has 1 atom stereocenters. The van der Waals surface area contributed by atoms with Gasteiger partial charge in [0.15, 0.2) is 0 Å². The maximum Gasteiger partial charge on any atom is 0.407 e.